The number of pyridine rings is 1. The van der Waals surface area contributed by atoms with Crippen molar-refractivity contribution < 1.29 is 9.32 Å². The molecule has 1 fully saturated rings. The monoisotopic (exact) mass is 464 g/mol. The number of urea groups is 1. The van der Waals surface area contributed by atoms with Gasteiger partial charge in [0.25, 0.3) is 5.56 Å². The van der Waals surface area contributed by atoms with Crippen LogP contribution in [0.4, 0.5) is 10.5 Å². The molecule has 1 aliphatic rings. The second kappa shape index (κ2) is 8.90. The predicted octanol–water partition coefficient (Wildman–Crippen LogP) is 5.66. The number of nitrogens with zero attached hydrogens (tertiary/aromatic N) is 2. The standard InChI is InChI=1S/C25H25ClN4O3/c1-15-21-23(29-33-15)22-19(26)11-6-12-20(22)30(24(21)31)18-10-5-7-16(13-18)14-27-25(32)28-17-8-3-2-4-9-17/h2-4,6,8-9,11-12,16,18H,5,7,10,13-14H2,1H3,(H2,27,28,32)/t16-,18+/m1/s1. The van der Waals surface area contributed by atoms with Crippen LogP contribution in [-0.2, 0) is 0 Å². The summed E-state index contributed by atoms with van der Waals surface area (Å²) < 4.78 is 7.22. The third-order valence-electron chi connectivity index (χ3n) is 6.49. The van der Waals surface area contributed by atoms with Crippen LogP contribution in [0, 0.1) is 12.8 Å². The summed E-state index contributed by atoms with van der Waals surface area (Å²) in [6.07, 6.45) is 3.67. The van der Waals surface area contributed by atoms with E-state index in [0.29, 0.717) is 28.2 Å². The van der Waals surface area contributed by atoms with Gasteiger partial charge in [0.1, 0.15) is 16.7 Å². The van der Waals surface area contributed by atoms with E-state index in [-0.39, 0.29) is 23.6 Å². The number of benzene rings is 2. The molecule has 2 amide bonds. The van der Waals surface area contributed by atoms with Crippen LogP contribution in [0.5, 0.6) is 0 Å². The average molecular weight is 465 g/mol. The van der Waals surface area contributed by atoms with Crippen molar-refractivity contribution in [1.29, 1.82) is 0 Å². The molecule has 1 saturated carbocycles. The number of hydrogen-bond acceptors (Lipinski definition) is 4. The number of fused-ring (bicyclic) bond motifs is 3. The van der Waals surface area contributed by atoms with Gasteiger partial charge in [0, 0.05) is 23.7 Å². The maximum atomic E-state index is 13.6. The van der Waals surface area contributed by atoms with E-state index < -0.39 is 0 Å². The molecule has 0 bridgehead atoms. The fraction of sp³-hybridized carbons (Fsp3) is 0.320. The van der Waals surface area contributed by atoms with Crippen LogP contribution in [-0.4, -0.2) is 22.3 Å². The van der Waals surface area contributed by atoms with Crippen LogP contribution in [0.2, 0.25) is 5.02 Å². The Morgan fingerprint density at radius 1 is 1.15 bits per heavy atom. The second-order valence-electron chi connectivity index (χ2n) is 8.66. The van der Waals surface area contributed by atoms with Crippen molar-refractivity contribution >= 4 is 45.1 Å². The van der Waals surface area contributed by atoms with Crippen molar-refractivity contribution in [2.75, 3.05) is 11.9 Å². The lowest BCUT2D eigenvalue weighted by molar-refractivity contribution is 0.238. The van der Waals surface area contributed by atoms with Gasteiger partial charge in [-0.1, -0.05) is 47.4 Å². The summed E-state index contributed by atoms with van der Waals surface area (Å²) in [5.41, 5.74) is 1.94. The Kier molecular flexibility index (Phi) is 5.81. The molecular formula is C25H25ClN4O3. The van der Waals surface area contributed by atoms with Gasteiger partial charge in [-0.15, -0.1) is 0 Å². The molecule has 2 aromatic heterocycles. The highest BCUT2D eigenvalue weighted by Gasteiger charge is 2.28. The SMILES string of the molecule is Cc1onc2c1c(=O)n([C@H]1CCC[C@@H](CNC(=O)Nc3ccccc3)C1)c1cccc(Cl)c21. The van der Waals surface area contributed by atoms with E-state index in [1.165, 1.54) is 0 Å². The number of aryl methyl sites for hydroxylation is 1. The molecular weight excluding hydrogens is 440 g/mol. The number of anilines is 1. The zero-order chi connectivity index (χ0) is 22.9. The minimum atomic E-state index is -0.223. The molecule has 4 aromatic rings. The van der Waals surface area contributed by atoms with Crippen molar-refractivity contribution in [3.63, 3.8) is 0 Å². The summed E-state index contributed by atoms with van der Waals surface area (Å²) in [4.78, 5) is 25.9. The molecule has 8 heteroatoms. The van der Waals surface area contributed by atoms with Crippen LogP contribution in [0.25, 0.3) is 21.8 Å². The number of carbonyl (C=O) groups is 1. The fourth-order valence-corrected chi connectivity index (χ4v) is 5.21. The number of rotatable bonds is 4. The summed E-state index contributed by atoms with van der Waals surface area (Å²) in [7, 11) is 0. The first-order valence-corrected chi connectivity index (χ1v) is 11.6. The number of carbonyl (C=O) groups excluding carboxylic acids is 1. The molecule has 170 valence electrons. The summed E-state index contributed by atoms with van der Waals surface area (Å²) in [6, 6.07) is 14.7. The van der Waals surface area contributed by atoms with Crippen molar-refractivity contribution in [3.8, 4) is 0 Å². The molecule has 2 N–H and O–H groups in total. The van der Waals surface area contributed by atoms with E-state index in [1.807, 2.05) is 47.0 Å². The average Bonchev–Trinajstić information content (AvgIpc) is 3.20. The lowest BCUT2D eigenvalue weighted by Crippen LogP contribution is -2.36. The van der Waals surface area contributed by atoms with Crippen molar-refractivity contribution in [1.82, 2.24) is 15.0 Å². The number of para-hydroxylation sites is 1. The largest absolute Gasteiger partial charge is 0.360 e. The Morgan fingerprint density at radius 3 is 2.79 bits per heavy atom. The van der Waals surface area contributed by atoms with Gasteiger partial charge < -0.3 is 19.7 Å². The molecule has 1 aliphatic carbocycles. The van der Waals surface area contributed by atoms with Crippen molar-refractivity contribution in [2.45, 2.75) is 38.6 Å². The summed E-state index contributed by atoms with van der Waals surface area (Å²) in [5, 5.41) is 11.7. The normalized spacial score (nSPS) is 18.5. The summed E-state index contributed by atoms with van der Waals surface area (Å²) in [5.74, 6) is 0.767. The Bertz CT molecular complexity index is 1380. The van der Waals surface area contributed by atoms with Crippen LogP contribution in [0.3, 0.4) is 0 Å². The van der Waals surface area contributed by atoms with Crippen LogP contribution >= 0.6 is 11.6 Å². The number of nitrogens with one attached hydrogen (secondary N) is 2. The van der Waals surface area contributed by atoms with Crippen LogP contribution in [0.1, 0.15) is 37.5 Å². The fourth-order valence-electron chi connectivity index (χ4n) is 4.95. The number of hydrogen-bond donors (Lipinski definition) is 2. The van der Waals surface area contributed by atoms with Crippen molar-refractivity contribution in [3.05, 3.63) is 69.7 Å². The highest BCUT2D eigenvalue weighted by molar-refractivity contribution is 6.37. The molecule has 7 nitrogen and oxygen atoms in total. The number of halogens is 1. The van der Waals surface area contributed by atoms with Gasteiger partial charge in [-0.2, -0.15) is 0 Å². The molecule has 2 heterocycles. The van der Waals surface area contributed by atoms with Crippen LogP contribution in [0.15, 0.2) is 57.8 Å². The third kappa shape index (κ3) is 4.09. The minimum absolute atomic E-state index is 0.00917. The molecule has 5 rings (SSSR count). The number of amides is 2. The van der Waals surface area contributed by atoms with E-state index in [4.69, 9.17) is 16.1 Å². The minimum Gasteiger partial charge on any atom is -0.360 e. The van der Waals surface area contributed by atoms with E-state index >= 15 is 0 Å². The van der Waals surface area contributed by atoms with E-state index in [1.54, 1.807) is 13.0 Å². The zero-order valence-corrected chi connectivity index (χ0v) is 19.1. The molecule has 2 aromatic carbocycles. The first kappa shape index (κ1) is 21.5. The smallest absolute Gasteiger partial charge is 0.319 e. The van der Waals surface area contributed by atoms with E-state index in [2.05, 4.69) is 15.8 Å². The van der Waals surface area contributed by atoms with Gasteiger partial charge in [0.15, 0.2) is 0 Å². The summed E-state index contributed by atoms with van der Waals surface area (Å²) in [6.45, 7) is 2.31. The molecule has 33 heavy (non-hydrogen) atoms. The number of aromatic nitrogens is 2. The van der Waals surface area contributed by atoms with Gasteiger partial charge in [-0.3, -0.25) is 4.79 Å². The third-order valence-corrected chi connectivity index (χ3v) is 6.80. The Hall–Kier alpha value is -3.32. The highest BCUT2D eigenvalue weighted by Crippen LogP contribution is 2.36. The van der Waals surface area contributed by atoms with E-state index in [0.717, 1.165) is 42.3 Å². The highest BCUT2D eigenvalue weighted by atomic mass is 35.5. The molecule has 0 aliphatic heterocycles. The Morgan fingerprint density at radius 2 is 1.97 bits per heavy atom. The molecule has 0 saturated heterocycles. The zero-order valence-electron chi connectivity index (χ0n) is 18.3. The molecule has 0 unspecified atom stereocenters. The molecule has 2 atom stereocenters. The van der Waals surface area contributed by atoms with Gasteiger partial charge >= 0.3 is 6.03 Å². The van der Waals surface area contributed by atoms with Gasteiger partial charge in [-0.25, -0.2) is 4.79 Å². The van der Waals surface area contributed by atoms with Crippen molar-refractivity contribution in [2.24, 2.45) is 5.92 Å². The van der Waals surface area contributed by atoms with Gasteiger partial charge in [-0.05, 0) is 56.4 Å². The molecule has 0 radical (unpaired) electrons. The Balaban J connectivity index is 1.40. The first-order valence-electron chi connectivity index (χ1n) is 11.2. The topological polar surface area (TPSA) is 89.2 Å². The lowest BCUT2D eigenvalue weighted by Gasteiger charge is -2.31. The Labute approximate surface area is 195 Å². The first-order chi connectivity index (χ1) is 16.0. The van der Waals surface area contributed by atoms with Gasteiger partial charge in [0.2, 0.25) is 0 Å². The lowest BCUT2D eigenvalue weighted by atomic mass is 9.85. The predicted molar refractivity (Wildman–Crippen MR) is 130 cm³/mol. The maximum absolute atomic E-state index is 13.6. The molecule has 0 spiro atoms. The van der Waals surface area contributed by atoms with Gasteiger partial charge in [0.05, 0.1) is 10.5 Å². The van der Waals surface area contributed by atoms with Crippen LogP contribution < -0.4 is 16.2 Å². The quantitative estimate of drug-likeness (QED) is 0.408. The summed E-state index contributed by atoms with van der Waals surface area (Å²) >= 11 is 6.54. The maximum Gasteiger partial charge on any atom is 0.319 e. The van der Waals surface area contributed by atoms with E-state index in [9.17, 15) is 9.59 Å². The second-order valence-corrected chi connectivity index (χ2v) is 9.07.